The van der Waals surface area contributed by atoms with Gasteiger partial charge < -0.3 is 20.7 Å². The molecular weight excluding hydrogens is 478 g/mol. The molecule has 2 rings (SSSR count). The number of nitrogens with one attached hydrogen (secondary N) is 3. The van der Waals surface area contributed by atoms with Gasteiger partial charge in [-0.15, -0.1) is 0 Å². The van der Waals surface area contributed by atoms with E-state index in [1.54, 1.807) is 0 Å². The predicted molar refractivity (Wildman–Crippen MR) is 152 cm³/mol. The van der Waals surface area contributed by atoms with Crippen molar-refractivity contribution in [3.63, 3.8) is 0 Å². The number of carbonyl (C=O) groups excluding carboxylic acids is 3. The van der Waals surface area contributed by atoms with Gasteiger partial charge in [-0.2, -0.15) is 0 Å². The van der Waals surface area contributed by atoms with Gasteiger partial charge in [0.15, 0.2) is 0 Å². The molecule has 0 aliphatic rings. The van der Waals surface area contributed by atoms with Crippen LogP contribution in [-0.4, -0.2) is 37.0 Å². The van der Waals surface area contributed by atoms with Gasteiger partial charge in [-0.3, -0.25) is 9.59 Å². The number of ether oxygens (including phenoxy) is 1. The zero-order valence-corrected chi connectivity index (χ0v) is 22.9. The molecule has 3 amide bonds. The Morgan fingerprint density at radius 1 is 0.711 bits per heavy atom. The maximum atomic E-state index is 12.9. The Bertz CT molecular complexity index is 921. The number of benzene rings is 2. The summed E-state index contributed by atoms with van der Waals surface area (Å²) in [6, 6.07) is 18.1. The molecule has 1 atom stereocenters. The Kier molecular flexibility index (Phi) is 16.0. The molecule has 208 valence electrons. The number of alkyl carbamates (subject to hydrolysis) is 1. The first-order valence-electron chi connectivity index (χ1n) is 14.1. The summed E-state index contributed by atoms with van der Waals surface area (Å²) in [6.45, 7) is 2.66. The summed E-state index contributed by atoms with van der Waals surface area (Å²) in [6.07, 6.45) is 12.0. The molecule has 0 spiro atoms. The molecule has 0 aromatic heterocycles. The minimum Gasteiger partial charge on any atom is -0.445 e. The van der Waals surface area contributed by atoms with Crippen molar-refractivity contribution in [2.75, 3.05) is 13.1 Å². The molecule has 38 heavy (non-hydrogen) atoms. The number of carbonyl (C=O) groups is 3. The standard InChI is InChI=1S/C31H45N3O4/c1-2-3-4-5-6-7-8-9-10-17-22-32-30(36)28(23-26-18-13-11-14-19-26)34-29(35)24-33-31(37)38-25-27-20-15-12-16-21-27/h11-16,18-21,28H,2-10,17,22-25H2,1H3,(H,32,36)(H,33,37)(H,34,35)/t28-/m0/s1. The Morgan fingerprint density at radius 3 is 1.87 bits per heavy atom. The van der Waals surface area contributed by atoms with Crippen LogP contribution < -0.4 is 16.0 Å². The van der Waals surface area contributed by atoms with Crippen LogP contribution in [0.1, 0.15) is 82.3 Å². The van der Waals surface area contributed by atoms with E-state index in [2.05, 4.69) is 22.9 Å². The van der Waals surface area contributed by atoms with Crippen LogP contribution in [-0.2, 0) is 27.4 Å². The fourth-order valence-electron chi connectivity index (χ4n) is 4.18. The zero-order chi connectivity index (χ0) is 27.3. The van der Waals surface area contributed by atoms with Gasteiger partial charge in [-0.1, -0.05) is 125 Å². The summed E-state index contributed by atoms with van der Waals surface area (Å²) in [5.74, 6) is -0.665. The van der Waals surface area contributed by atoms with Crippen LogP contribution in [0.15, 0.2) is 60.7 Å². The maximum Gasteiger partial charge on any atom is 0.407 e. The van der Waals surface area contributed by atoms with E-state index < -0.39 is 18.0 Å². The summed E-state index contributed by atoms with van der Waals surface area (Å²) >= 11 is 0. The van der Waals surface area contributed by atoms with Gasteiger partial charge in [-0.25, -0.2) is 4.79 Å². The lowest BCUT2D eigenvalue weighted by Gasteiger charge is -2.19. The second-order valence-electron chi connectivity index (χ2n) is 9.70. The van der Waals surface area contributed by atoms with E-state index in [0.29, 0.717) is 13.0 Å². The highest BCUT2D eigenvalue weighted by atomic mass is 16.5. The first-order chi connectivity index (χ1) is 18.6. The first kappa shape index (κ1) is 30.9. The van der Waals surface area contributed by atoms with Gasteiger partial charge in [0.05, 0.1) is 0 Å². The quantitative estimate of drug-likeness (QED) is 0.207. The third-order valence-corrected chi connectivity index (χ3v) is 6.37. The largest absolute Gasteiger partial charge is 0.445 e. The minimum absolute atomic E-state index is 0.117. The summed E-state index contributed by atoms with van der Waals surface area (Å²) < 4.78 is 5.14. The van der Waals surface area contributed by atoms with Crippen molar-refractivity contribution in [1.82, 2.24) is 16.0 Å². The van der Waals surface area contributed by atoms with Crippen molar-refractivity contribution >= 4 is 17.9 Å². The van der Waals surface area contributed by atoms with Crippen LogP contribution in [0, 0.1) is 0 Å². The predicted octanol–water partition coefficient (Wildman–Crippen LogP) is 5.68. The normalized spacial score (nSPS) is 11.4. The van der Waals surface area contributed by atoms with Crippen LogP contribution in [0.4, 0.5) is 4.79 Å². The van der Waals surface area contributed by atoms with E-state index in [-0.39, 0.29) is 19.1 Å². The Hall–Kier alpha value is -3.35. The zero-order valence-electron chi connectivity index (χ0n) is 22.9. The van der Waals surface area contributed by atoms with Crippen LogP contribution in [0.2, 0.25) is 0 Å². The molecule has 0 saturated carbocycles. The minimum atomic E-state index is -0.727. The average molecular weight is 524 g/mol. The molecule has 0 heterocycles. The number of unbranched alkanes of at least 4 members (excludes halogenated alkanes) is 9. The van der Waals surface area contributed by atoms with Gasteiger partial charge in [0, 0.05) is 13.0 Å². The number of rotatable bonds is 19. The summed E-state index contributed by atoms with van der Waals surface area (Å²) in [7, 11) is 0. The monoisotopic (exact) mass is 523 g/mol. The van der Waals surface area contributed by atoms with E-state index in [4.69, 9.17) is 4.74 Å². The van der Waals surface area contributed by atoms with Crippen molar-refractivity contribution in [2.24, 2.45) is 0 Å². The van der Waals surface area contributed by atoms with Gasteiger partial charge in [-0.05, 0) is 17.5 Å². The first-order valence-corrected chi connectivity index (χ1v) is 14.1. The van der Waals surface area contributed by atoms with E-state index >= 15 is 0 Å². The van der Waals surface area contributed by atoms with E-state index in [9.17, 15) is 14.4 Å². The van der Waals surface area contributed by atoms with Crippen LogP contribution >= 0.6 is 0 Å². The maximum absolute atomic E-state index is 12.9. The molecule has 0 bridgehead atoms. The van der Waals surface area contributed by atoms with Crippen LogP contribution in [0.25, 0.3) is 0 Å². The van der Waals surface area contributed by atoms with E-state index in [1.807, 2.05) is 60.7 Å². The molecule has 7 heteroatoms. The van der Waals surface area contributed by atoms with Crippen molar-refractivity contribution in [3.8, 4) is 0 Å². The molecule has 3 N–H and O–H groups in total. The second-order valence-corrected chi connectivity index (χ2v) is 9.70. The van der Waals surface area contributed by atoms with Crippen molar-refractivity contribution in [1.29, 1.82) is 0 Å². The van der Waals surface area contributed by atoms with E-state index in [1.165, 1.54) is 51.4 Å². The van der Waals surface area contributed by atoms with Gasteiger partial charge >= 0.3 is 6.09 Å². The molecule has 0 unspecified atom stereocenters. The van der Waals surface area contributed by atoms with Crippen LogP contribution in [0.3, 0.4) is 0 Å². The highest BCUT2D eigenvalue weighted by Gasteiger charge is 2.21. The summed E-state index contributed by atoms with van der Waals surface area (Å²) in [5, 5.41) is 8.18. The fourth-order valence-corrected chi connectivity index (χ4v) is 4.18. The molecule has 7 nitrogen and oxygen atoms in total. The van der Waals surface area contributed by atoms with Gasteiger partial charge in [0.25, 0.3) is 0 Å². The lowest BCUT2D eigenvalue weighted by molar-refractivity contribution is -0.128. The lowest BCUT2D eigenvalue weighted by atomic mass is 10.0. The lowest BCUT2D eigenvalue weighted by Crippen LogP contribution is -2.50. The summed E-state index contributed by atoms with van der Waals surface area (Å²) in [4.78, 5) is 37.4. The Morgan fingerprint density at radius 2 is 1.26 bits per heavy atom. The SMILES string of the molecule is CCCCCCCCCCCCNC(=O)[C@H](Cc1ccccc1)NC(=O)CNC(=O)OCc1ccccc1. The van der Waals surface area contributed by atoms with Crippen molar-refractivity contribution in [3.05, 3.63) is 71.8 Å². The molecule has 0 fully saturated rings. The molecule has 0 radical (unpaired) electrons. The number of hydrogen-bond donors (Lipinski definition) is 3. The molecule has 2 aromatic rings. The average Bonchev–Trinajstić information content (AvgIpc) is 2.94. The van der Waals surface area contributed by atoms with Gasteiger partial charge in [0.1, 0.15) is 19.2 Å². The molecular formula is C31H45N3O4. The smallest absolute Gasteiger partial charge is 0.407 e. The summed E-state index contributed by atoms with van der Waals surface area (Å²) in [5.41, 5.74) is 1.80. The molecule has 0 aliphatic carbocycles. The third kappa shape index (κ3) is 14.4. The fraction of sp³-hybridized carbons (Fsp3) is 0.516. The Labute approximate surface area is 228 Å². The number of amides is 3. The molecule has 2 aromatic carbocycles. The number of hydrogen-bond acceptors (Lipinski definition) is 4. The molecule has 0 saturated heterocycles. The van der Waals surface area contributed by atoms with Crippen molar-refractivity contribution in [2.45, 2.75) is 90.2 Å². The topological polar surface area (TPSA) is 96.5 Å². The van der Waals surface area contributed by atoms with E-state index in [0.717, 1.165) is 24.0 Å². The van der Waals surface area contributed by atoms with Gasteiger partial charge in [0.2, 0.25) is 11.8 Å². The molecule has 0 aliphatic heterocycles. The highest BCUT2D eigenvalue weighted by molar-refractivity contribution is 5.89. The van der Waals surface area contributed by atoms with Crippen molar-refractivity contribution < 1.29 is 19.1 Å². The highest BCUT2D eigenvalue weighted by Crippen LogP contribution is 2.10. The third-order valence-electron chi connectivity index (χ3n) is 6.37. The Balaban J connectivity index is 1.70. The second kappa shape index (κ2) is 19.7. The van der Waals surface area contributed by atoms with Crippen LogP contribution in [0.5, 0.6) is 0 Å².